The summed E-state index contributed by atoms with van der Waals surface area (Å²) in [6.07, 6.45) is 2.34. The van der Waals surface area contributed by atoms with E-state index in [0.717, 1.165) is 24.6 Å². The largest absolute Gasteiger partial charge is 0.491 e. The van der Waals surface area contributed by atoms with Crippen molar-refractivity contribution in [1.29, 1.82) is 0 Å². The Hall–Kier alpha value is -1.59. The van der Waals surface area contributed by atoms with Crippen LogP contribution >= 0.6 is 0 Å². The second-order valence-electron chi connectivity index (χ2n) is 5.92. The Morgan fingerprint density at radius 2 is 2.09 bits per heavy atom. The Morgan fingerprint density at radius 3 is 2.82 bits per heavy atom. The number of benzene rings is 1. The highest BCUT2D eigenvalue weighted by molar-refractivity contribution is 5.78. The highest BCUT2D eigenvalue weighted by Crippen LogP contribution is 2.18. The van der Waals surface area contributed by atoms with E-state index in [-0.39, 0.29) is 19.1 Å². The van der Waals surface area contributed by atoms with Gasteiger partial charge in [-0.1, -0.05) is 25.1 Å². The van der Waals surface area contributed by atoms with E-state index in [9.17, 15) is 4.79 Å². The SMILES string of the molecule is CC1CCN(CC(=O)NCc2ccccc2OCCO)CC1. The summed E-state index contributed by atoms with van der Waals surface area (Å²) in [5, 5.41) is 11.8. The molecule has 0 bridgehead atoms. The fraction of sp³-hybridized carbons (Fsp3) is 0.588. The van der Waals surface area contributed by atoms with Crippen LogP contribution in [-0.2, 0) is 11.3 Å². The maximum absolute atomic E-state index is 12.1. The van der Waals surface area contributed by atoms with Crippen molar-refractivity contribution in [2.75, 3.05) is 32.8 Å². The molecule has 1 fully saturated rings. The van der Waals surface area contributed by atoms with Gasteiger partial charge < -0.3 is 15.2 Å². The molecule has 0 aromatic heterocycles. The van der Waals surface area contributed by atoms with E-state index in [1.807, 2.05) is 24.3 Å². The number of nitrogens with zero attached hydrogens (tertiary/aromatic N) is 1. The number of piperidine rings is 1. The zero-order valence-electron chi connectivity index (χ0n) is 13.3. The average Bonchev–Trinajstić information content (AvgIpc) is 2.54. The van der Waals surface area contributed by atoms with Crippen LogP contribution in [0.1, 0.15) is 25.3 Å². The molecule has 0 atom stereocenters. The fourth-order valence-corrected chi connectivity index (χ4v) is 2.62. The van der Waals surface area contributed by atoms with Crippen LogP contribution in [0.15, 0.2) is 24.3 Å². The van der Waals surface area contributed by atoms with Gasteiger partial charge in [0.05, 0.1) is 13.2 Å². The highest BCUT2D eigenvalue weighted by atomic mass is 16.5. The number of rotatable bonds is 7. The number of hydrogen-bond acceptors (Lipinski definition) is 4. The summed E-state index contributed by atoms with van der Waals surface area (Å²) in [6.45, 7) is 5.43. The third kappa shape index (κ3) is 5.31. The summed E-state index contributed by atoms with van der Waals surface area (Å²) in [5.74, 6) is 1.53. The number of para-hydroxylation sites is 1. The lowest BCUT2D eigenvalue weighted by atomic mass is 9.99. The summed E-state index contributed by atoms with van der Waals surface area (Å²) >= 11 is 0. The first-order valence-corrected chi connectivity index (χ1v) is 7.99. The highest BCUT2D eigenvalue weighted by Gasteiger charge is 2.17. The normalized spacial score (nSPS) is 16.5. The van der Waals surface area contributed by atoms with Crippen LogP contribution < -0.4 is 10.1 Å². The molecule has 0 aliphatic carbocycles. The third-order valence-electron chi connectivity index (χ3n) is 4.04. The minimum absolute atomic E-state index is 0.0198. The Morgan fingerprint density at radius 1 is 1.36 bits per heavy atom. The second-order valence-corrected chi connectivity index (χ2v) is 5.92. The minimum atomic E-state index is -0.0198. The fourth-order valence-electron chi connectivity index (χ4n) is 2.62. The molecular formula is C17H26N2O3. The van der Waals surface area contributed by atoms with Crippen LogP contribution in [-0.4, -0.2) is 48.8 Å². The number of carbonyl (C=O) groups is 1. The van der Waals surface area contributed by atoms with Crippen molar-refractivity contribution >= 4 is 5.91 Å². The quantitative estimate of drug-likeness (QED) is 0.799. The molecule has 1 aliphatic rings. The van der Waals surface area contributed by atoms with Gasteiger partial charge in [-0.25, -0.2) is 0 Å². The topological polar surface area (TPSA) is 61.8 Å². The van der Waals surface area contributed by atoms with Crippen molar-refractivity contribution in [1.82, 2.24) is 10.2 Å². The van der Waals surface area contributed by atoms with Gasteiger partial charge in [0.1, 0.15) is 12.4 Å². The Balaban J connectivity index is 1.78. The molecule has 22 heavy (non-hydrogen) atoms. The number of aliphatic hydroxyl groups is 1. The maximum atomic E-state index is 12.1. The number of ether oxygens (including phenoxy) is 1. The number of nitrogens with one attached hydrogen (secondary N) is 1. The molecular weight excluding hydrogens is 280 g/mol. The van der Waals surface area contributed by atoms with Gasteiger partial charge in [-0.2, -0.15) is 0 Å². The maximum Gasteiger partial charge on any atom is 0.234 e. The van der Waals surface area contributed by atoms with Gasteiger partial charge in [-0.05, 0) is 37.9 Å². The van der Waals surface area contributed by atoms with Crippen molar-refractivity contribution in [2.45, 2.75) is 26.3 Å². The lowest BCUT2D eigenvalue weighted by molar-refractivity contribution is -0.122. The Labute approximate surface area is 132 Å². The van der Waals surface area contributed by atoms with Gasteiger partial charge in [0.2, 0.25) is 5.91 Å². The summed E-state index contributed by atoms with van der Waals surface area (Å²) in [4.78, 5) is 14.3. The third-order valence-corrected chi connectivity index (χ3v) is 4.04. The van der Waals surface area contributed by atoms with Crippen LogP contribution in [0.25, 0.3) is 0 Å². The first-order chi connectivity index (χ1) is 10.7. The summed E-state index contributed by atoms with van der Waals surface area (Å²) in [6, 6.07) is 7.57. The molecule has 1 aromatic rings. The van der Waals surface area contributed by atoms with Crippen molar-refractivity contribution in [3.8, 4) is 5.75 Å². The van der Waals surface area contributed by atoms with E-state index in [1.165, 1.54) is 12.8 Å². The Kier molecular flexibility index (Phi) is 6.68. The number of likely N-dealkylation sites (tertiary alicyclic amines) is 1. The minimum Gasteiger partial charge on any atom is -0.491 e. The van der Waals surface area contributed by atoms with Crippen LogP contribution in [0, 0.1) is 5.92 Å². The molecule has 0 spiro atoms. The molecule has 0 radical (unpaired) electrons. The summed E-state index contributed by atoms with van der Waals surface area (Å²) in [5.41, 5.74) is 0.927. The molecule has 0 unspecified atom stereocenters. The average molecular weight is 306 g/mol. The summed E-state index contributed by atoms with van der Waals surface area (Å²) in [7, 11) is 0. The lowest BCUT2D eigenvalue weighted by Gasteiger charge is -2.29. The number of hydrogen-bond donors (Lipinski definition) is 2. The first-order valence-electron chi connectivity index (χ1n) is 7.99. The molecule has 1 saturated heterocycles. The summed E-state index contributed by atoms with van der Waals surface area (Å²) < 4.78 is 5.47. The van der Waals surface area contributed by atoms with Gasteiger partial charge in [-0.3, -0.25) is 9.69 Å². The van der Waals surface area contributed by atoms with E-state index < -0.39 is 0 Å². The number of carbonyl (C=O) groups excluding carboxylic acids is 1. The molecule has 1 amide bonds. The molecule has 1 aliphatic heterocycles. The van der Waals surface area contributed by atoms with Crippen LogP contribution in [0.4, 0.5) is 0 Å². The van der Waals surface area contributed by atoms with Gasteiger partial charge in [0.15, 0.2) is 0 Å². The predicted octanol–water partition coefficient (Wildman–Crippen LogP) is 1.41. The van der Waals surface area contributed by atoms with Gasteiger partial charge >= 0.3 is 0 Å². The first kappa shape index (κ1) is 16.8. The van der Waals surface area contributed by atoms with E-state index in [1.54, 1.807) is 0 Å². The molecule has 2 N–H and O–H groups in total. The second kappa shape index (κ2) is 8.76. The van der Waals surface area contributed by atoms with Crippen molar-refractivity contribution in [3.05, 3.63) is 29.8 Å². The predicted molar refractivity (Wildman–Crippen MR) is 85.7 cm³/mol. The molecule has 5 heteroatoms. The van der Waals surface area contributed by atoms with E-state index >= 15 is 0 Å². The standard InChI is InChI=1S/C17H26N2O3/c1-14-6-8-19(9-7-14)13-17(21)18-12-15-4-2-3-5-16(15)22-11-10-20/h2-5,14,20H,6-13H2,1H3,(H,18,21). The monoisotopic (exact) mass is 306 g/mol. The van der Waals surface area contributed by atoms with Gasteiger partial charge in [-0.15, -0.1) is 0 Å². The van der Waals surface area contributed by atoms with E-state index in [0.29, 0.717) is 18.8 Å². The Bertz CT molecular complexity index is 471. The van der Waals surface area contributed by atoms with Gasteiger partial charge in [0.25, 0.3) is 0 Å². The van der Waals surface area contributed by atoms with Gasteiger partial charge in [0, 0.05) is 12.1 Å². The molecule has 0 saturated carbocycles. The van der Waals surface area contributed by atoms with Crippen molar-refractivity contribution in [3.63, 3.8) is 0 Å². The molecule has 1 heterocycles. The lowest BCUT2D eigenvalue weighted by Crippen LogP contribution is -2.41. The zero-order chi connectivity index (χ0) is 15.8. The van der Waals surface area contributed by atoms with Crippen LogP contribution in [0.2, 0.25) is 0 Å². The smallest absolute Gasteiger partial charge is 0.234 e. The molecule has 1 aromatic carbocycles. The van der Waals surface area contributed by atoms with Crippen molar-refractivity contribution in [2.24, 2.45) is 5.92 Å². The van der Waals surface area contributed by atoms with E-state index in [4.69, 9.17) is 9.84 Å². The number of amides is 1. The zero-order valence-corrected chi connectivity index (χ0v) is 13.3. The molecule has 2 rings (SSSR count). The number of aliphatic hydroxyl groups excluding tert-OH is 1. The van der Waals surface area contributed by atoms with E-state index in [2.05, 4.69) is 17.1 Å². The van der Waals surface area contributed by atoms with Crippen LogP contribution in [0.5, 0.6) is 5.75 Å². The molecule has 5 nitrogen and oxygen atoms in total. The van der Waals surface area contributed by atoms with Crippen molar-refractivity contribution < 1.29 is 14.6 Å². The molecule has 122 valence electrons. The van der Waals surface area contributed by atoms with Crippen LogP contribution in [0.3, 0.4) is 0 Å².